The fraction of sp³-hybridized carbons (Fsp3) is 0.345. The molecule has 1 fully saturated rings. The Morgan fingerprint density at radius 2 is 1.92 bits per heavy atom. The number of halogens is 1. The van der Waals surface area contributed by atoms with Crippen LogP contribution >= 0.6 is 34.9 Å². The summed E-state index contributed by atoms with van der Waals surface area (Å²) >= 11 is 9.45. The van der Waals surface area contributed by atoms with E-state index in [4.69, 9.17) is 16.7 Å². The average molecular weight is 575 g/mol. The molecule has 2 aromatic heterocycles. The van der Waals surface area contributed by atoms with Crippen LogP contribution in [0.5, 0.6) is 0 Å². The maximum absolute atomic E-state index is 10.7. The fourth-order valence-corrected chi connectivity index (χ4v) is 7.81. The third-order valence-corrected chi connectivity index (χ3v) is 9.91. The molecular formula is C29H35ClN2O2S3. The lowest BCUT2D eigenvalue weighted by molar-refractivity contribution is 0.0785. The Kier molecular flexibility index (Phi) is 11.2. The maximum atomic E-state index is 10.7. The average Bonchev–Trinajstić information content (AvgIpc) is 3.52. The first-order valence-electron chi connectivity index (χ1n) is 12.4. The van der Waals surface area contributed by atoms with Crippen molar-refractivity contribution in [1.82, 2.24) is 4.98 Å². The summed E-state index contributed by atoms with van der Waals surface area (Å²) in [4.78, 5) is 5.82. The molecule has 8 heteroatoms. The molecule has 0 spiro atoms. The fourth-order valence-electron chi connectivity index (χ4n) is 3.94. The predicted octanol–water partition coefficient (Wildman–Crippen LogP) is 7.58. The van der Waals surface area contributed by atoms with Crippen molar-refractivity contribution in [2.75, 3.05) is 11.5 Å². The summed E-state index contributed by atoms with van der Waals surface area (Å²) in [5.74, 6) is 1.66. The zero-order chi connectivity index (χ0) is 27.0. The molecule has 2 unspecified atom stereocenters. The molecule has 4 nitrogen and oxygen atoms in total. The van der Waals surface area contributed by atoms with Crippen LogP contribution in [-0.4, -0.2) is 31.1 Å². The van der Waals surface area contributed by atoms with Crippen LogP contribution in [0.3, 0.4) is 0 Å². The normalized spacial score (nSPS) is 17.1. The minimum absolute atomic E-state index is 0.468. The molecule has 0 bridgehead atoms. The number of nitrogens with zero attached hydrogens (tertiary/aromatic N) is 1. The molecule has 4 aromatic rings. The van der Waals surface area contributed by atoms with Gasteiger partial charge in [-0.1, -0.05) is 73.8 Å². The lowest BCUT2D eigenvalue weighted by Crippen LogP contribution is -2.15. The molecule has 198 valence electrons. The van der Waals surface area contributed by atoms with E-state index in [0.29, 0.717) is 5.25 Å². The zero-order valence-electron chi connectivity index (χ0n) is 21.7. The van der Waals surface area contributed by atoms with Gasteiger partial charge in [0.25, 0.3) is 0 Å². The number of rotatable bonds is 5. The number of fused-ring (bicyclic) bond motifs is 1. The van der Waals surface area contributed by atoms with Gasteiger partial charge in [-0.15, -0.1) is 11.3 Å². The molecule has 0 amide bonds. The van der Waals surface area contributed by atoms with Crippen molar-refractivity contribution in [3.8, 4) is 11.3 Å². The van der Waals surface area contributed by atoms with Gasteiger partial charge >= 0.3 is 0 Å². The second kappa shape index (κ2) is 13.9. The van der Waals surface area contributed by atoms with Crippen molar-refractivity contribution < 1.29 is 9.32 Å². The Morgan fingerprint density at radius 3 is 2.54 bits per heavy atom. The van der Waals surface area contributed by atoms with Gasteiger partial charge in [-0.2, -0.15) is 0 Å². The van der Waals surface area contributed by atoms with E-state index in [1.54, 1.807) is 31.4 Å². The number of aliphatic hydroxyl groups is 1. The van der Waals surface area contributed by atoms with E-state index in [2.05, 4.69) is 35.3 Å². The largest absolute Gasteiger partial charge is 0.386 e. The highest BCUT2D eigenvalue weighted by molar-refractivity contribution is 7.99. The van der Waals surface area contributed by atoms with E-state index < -0.39 is 16.4 Å². The van der Waals surface area contributed by atoms with Crippen LogP contribution < -0.4 is 5.14 Å². The topological polar surface area (TPSA) is 76.2 Å². The van der Waals surface area contributed by atoms with Gasteiger partial charge in [-0.3, -0.25) is 14.3 Å². The van der Waals surface area contributed by atoms with E-state index in [-0.39, 0.29) is 0 Å². The Morgan fingerprint density at radius 1 is 1.16 bits per heavy atom. The van der Waals surface area contributed by atoms with Crippen LogP contribution in [0.15, 0.2) is 66.9 Å². The number of nitrogens with two attached hydrogens (primary N) is 1. The monoisotopic (exact) mass is 574 g/mol. The third kappa shape index (κ3) is 8.12. The molecule has 5 rings (SSSR count). The third-order valence-electron chi connectivity index (χ3n) is 5.89. The highest BCUT2D eigenvalue weighted by atomic mass is 35.5. The second-order valence-corrected chi connectivity index (χ2v) is 13.2. The van der Waals surface area contributed by atoms with Crippen LogP contribution in [-0.2, 0) is 22.8 Å². The van der Waals surface area contributed by atoms with Crippen LogP contribution in [0.1, 0.15) is 50.1 Å². The number of pyridine rings is 1. The van der Waals surface area contributed by atoms with Crippen molar-refractivity contribution in [2.45, 2.75) is 51.4 Å². The first kappa shape index (κ1) is 29.8. The van der Waals surface area contributed by atoms with E-state index in [1.807, 2.05) is 44.2 Å². The maximum Gasteiger partial charge on any atom is 0.0841 e. The van der Waals surface area contributed by atoms with Gasteiger partial charge in [-0.05, 0) is 61.0 Å². The van der Waals surface area contributed by atoms with Crippen LogP contribution in [0.4, 0.5) is 0 Å². The van der Waals surface area contributed by atoms with Gasteiger partial charge in [0.15, 0.2) is 0 Å². The highest BCUT2D eigenvalue weighted by Gasteiger charge is 2.20. The molecule has 1 aliphatic rings. The van der Waals surface area contributed by atoms with Crippen LogP contribution in [0.2, 0.25) is 5.02 Å². The minimum Gasteiger partial charge on any atom is -0.386 e. The Bertz CT molecular complexity index is 1330. The summed E-state index contributed by atoms with van der Waals surface area (Å²) < 4.78 is 11.9. The van der Waals surface area contributed by atoms with Crippen molar-refractivity contribution in [1.29, 1.82) is 0 Å². The minimum atomic E-state index is -0.893. The molecule has 1 saturated heterocycles. The van der Waals surface area contributed by atoms with Crippen molar-refractivity contribution in [3.05, 3.63) is 87.9 Å². The Hall–Kier alpha value is -1.74. The summed E-state index contributed by atoms with van der Waals surface area (Å²) in [7, 11) is -0.554. The van der Waals surface area contributed by atoms with Gasteiger partial charge in [0.1, 0.15) is 0 Å². The quantitative estimate of drug-likeness (QED) is 0.240. The standard InChI is InChI=1S/C23H20ClNOS.C4H9NOS2.C2H6/c1-23(2,26)17-10-11-25-21(14-17)19-8-5-7-16-13-18(27-22(16)19)12-15-6-3-4-9-20(15)24;5-7-4-1-2-8(6)3-4;1-2/h3-11,13-14,26H,12H2,1-2H3;4H,1-3,5H2;1-2H3. The molecule has 0 saturated carbocycles. The van der Waals surface area contributed by atoms with Gasteiger partial charge in [0.2, 0.25) is 0 Å². The smallest absolute Gasteiger partial charge is 0.0841 e. The Labute approximate surface area is 236 Å². The van der Waals surface area contributed by atoms with Crippen LogP contribution in [0, 0.1) is 0 Å². The number of benzene rings is 2. The van der Waals surface area contributed by atoms with E-state index in [9.17, 15) is 9.32 Å². The SMILES string of the molecule is CC.CC(C)(O)c1ccnc(-c2cccc3cc(Cc4ccccc4Cl)sc23)c1.NSC1CCS(=O)C1. The summed E-state index contributed by atoms with van der Waals surface area (Å²) in [5.41, 5.74) is 3.07. The van der Waals surface area contributed by atoms with Crippen molar-refractivity contribution >= 4 is 55.8 Å². The van der Waals surface area contributed by atoms with E-state index >= 15 is 0 Å². The molecule has 3 heterocycles. The molecule has 37 heavy (non-hydrogen) atoms. The number of aromatic nitrogens is 1. The van der Waals surface area contributed by atoms with E-state index in [0.717, 1.165) is 51.8 Å². The number of hydrogen-bond donors (Lipinski definition) is 2. The highest BCUT2D eigenvalue weighted by Crippen LogP contribution is 2.36. The molecule has 2 aromatic carbocycles. The molecule has 0 aliphatic carbocycles. The molecule has 1 aliphatic heterocycles. The first-order valence-corrected chi connectivity index (χ1v) is 16.0. The molecule has 0 radical (unpaired) electrons. The van der Waals surface area contributed by atoms with E-state index in [1.165, 1.54) is 26.9 Å². The lowest BCUT2D eigenvalue weighted by Gasteiger charge is -2.18. The summed E-state index contributed by atoms with van der Waals surface area (Å²) in [6.45, 7) is 7.58. The Balaban J connectivity index is 0.000000322. The summed E-state index contributed by atoms with van der Waals surface area (Å²) in [6, 6.07) is 20.3. The number of hydrogen-bond acceptors (Lipinski definition) is 6. The summed E-state index contributed by atoms with van der Waals surface area (Å²) in [5, 5.41) is 18.1. The lowest BCUT2D eigenvalue weighted by atomic mass is 9.97. The summed E-state index contributed by atoms with van der Waals surface area (Å²) in [6.07, 6.45) is 3.61. The zero-order valence-corrected chi connectivity index (χ0v) is 24.9. The second-order valence-electron chi connectivity index (χ2n) is 9.05. The number of thiophene rings is 1. The molecule has 2 atom stereocenters. The van der Waals surface area contributed by atoms with Crippen molar-refractivity contribution in [3.63, 3.8) is 0 Å². The van der Waals surface area contributed by atoms with Gasteiger partial charge < -0.3 is 5.11 Å². The first-order chi connectivity index (χ1) is 17.7. The predicted molar refractivity (Wildman–Crippen MR) is 164 cm³/mol. The van der Waals surface area contributed by atoms with Gasteiger partial charge in [0, 0.05) is 60.3 Å². The van der Waals surface area contributed by atoms with Crippen LogP contribution in [0.25, 0.3) is 21.3 Å². The molecule has 3 N–H and O–H groups in total. The van der Waals surface area contributed by atoms with Crippen molar-refractivity contribution in [2.24, 2.45) is 5.14 Å². The van der Waals surface area contributed by atoms with Gasteiger partial charge in [-0.25, -0.2) is 0 Å². The van der Waals surface area contributed by atoms with Gasteiger partial charge in [0.05, 0.1) is 11.3 Å². The molecular weight excluding hydrogens is 540 g/mol.